The number of hydrogen-bond donors (Lipinski definition) is 1. The largest absolute Gasteiger partial charge is 0.491 e. The highest BCUT2D eigenvalue weighted by molar-refractivity contribution is 7.98. The lowest BCUT2D eigenvalue weighted by atomic mass is 10.2. The van der Waals surface area contributed by atoms with Crippen LogP contribution in [-0.2, 0) is 5.75 Å². The van der Waals surface area contributed by atoms with Crippen LogP contribution in [0, 0.1) is 0 Å². The molecule has 3 aromatic carbocycles. The Morgan fingerprint density at radius 1 is 0.963 bits per heavy atom. The van der Waals surface area contributed by atoms with E-state index >= 15 is 0 Å². The summed E-state index contributed by atoms with van der Waals surface area (Å²) < 4.78 is 5.70. The third kappa shape index (κ3) is 5.63. The topological polar surface area (TPSA) is 38.3 Å². The molecule has 0 atom stereocenters. The molecule has 0 unspecified atom stereocenters. The summed E-state index contributed by atoms with van der Waals surface area (Å²) in [6.45, 7) is 3.96. The van der Waals surface area contributed by atoms with Gasteiger partial charge in [-0.25, -0.2) is 0 Å². The van der Waals surface area contributed by atoms with Crippen molar-refractivity contribution in [2.75, 3.05) is 5.32 Å². The number of benzene rings is 3. The van der Waals surface area contributed by atoms with Crippen molar-refractivity contribution in [3.05, 3.63) is 90.0 Å². The van der Waals surface area contributed by atoms with Gasteiger partial charge < -0.3 is 10.1 Å². The van der Waals surface area contributed by atoms with Crippen molar-refractivity contribution >= 4 is 23.4 Å². The molecule has 0 radical (unpaired) electrons. The molecular weight excluding hydrogens is 354 g/mol. The van der Waals surface area contributed by atoms with Crippen molar-refractivity contribution in [2.45, 2.75) is 30.6 Å². The second-order valence-electron chi connectivity index (χ2n) is 6.42. The predicted molar refractivity (Wildman–Crippen MR) is 113 cm³/mol. The summed E-state index contributed by atoms with van der Waals surface area (Å²) in [5.74, 6) is 1.45. The Morgan fingerprint density at radius 2 is 1.70 bits per heavy atom. The van der Waals surface area contributed by atoms with Crippen molar-refractivity contribution in [1.82, 2.24) is 0 Å². The molecule has 0 saturated heterocycles. The molecule has 3 rings (SSSR count). The van der Waals surface area contributed by atoms with E-state index in [1.807, 2.05) is 80.6 Å². The Hall–Kier alpha value is -2.72. The molecule has 1 amide bonds. The summed E-state index contributed by atoms with van der Waals surface area (Å²) in [5.41, 5.74) is 2.63. The third-order valence-corrected chi connectivity index (χ3v) is 4.98. The molecule has 3 aromatic rings. The first-order chi connectivity index (χ1) is 13.1. The lowest BCUT2D eigenvalue weighted by molar-refractivity contribution is 0.102. The van der Waals surface area contributed by atoms with Gasteiger partial charge in [-0.3, -0.25) is 4.79 Å². The SMILES string of the molecule is CC(C)Oc1cccc(NC(=O)c2ccccc2SCc2ccccc2)c1. The van der Waals surface area contributed by atoms with Gasteiger partial charge in [-0.2, -0.15) is 0 Å². The Labute approximate surface area is 164 Å². The van der Waals surface area contributed by atoms with Crippen LogP contribution in [-0.4, -0.2) is 12.0 Å². The molecular formula is C23H23NO2S. The summed E-state index contributed by atoms with van der Waals surface area (Å²) in [7, 11) is 0. The van der Waals surface area contributed by atoms with Crippen LogP contribution in [0.2, 0.25) is 0 Å². The lowest BCUT2D eigenvalue weighted by Crippen LogP contribution is -2.13. The van der Waals surface area contributed by atoms with Crippen LogP contribution in [0.25, 0.3) is 0 Å². The molecule has 138 valence electrons. The number of ether oxygens (including phenoxy) is 1. The highest BCUT2D eigenvalue weighted by Gasteiger charge is 2.12. The van der Waals surface area contributed by atoms with Crippen molar-refractivity contribution in [3.8, 4) is 5.75 Å². The maximum Gasteiger partial charge on any atom is 0.256 e. The van der Waals surface area contributed by atoms with Gasteiger partial charge in [-0.1, -0.05) is 48.5 Å². The zero-order valence-corrected chi connectivity index (χ0v) is 16.3. The Balaban J connectivity index is 1.71. The van der Waals surface area contributed by atoms with E-state index in [1.54, 1.807) is 11.8 Å². The molecule has 4 heteroatoms. The van der Waals surface area contributed by atoms with Crippen LogP contribution in [0.3, 0.4) is 0 Å². The van der Waals surface area contributed by atoms with Gasteiger partial charge in [-0.15, -0.1) is 11.8 Å². The molecule has 0 aliphatic heterocycles. The lowest BCUT2D eigenvalue weighted by Gasteiger charge is -2.13. The van der Waals surface area contributed by atoms with Gasteiger partial charge in [0.15, 0.2) is 0 Å². The summed E-state index contributed by atoms with van der Waals surface area (Å²) in [6, 6.07) is 25.4. The molecule has 0 aliphatic carbocycles. The minimum absolute atomic E-state index is 0.0889. The predicted octanol–water partition coefficient (Wildman–Crippen LogP) is 6.02. The number of thioether (sulfide) groups is 1. The Bertz CT molecular complexity index is 894. The van der Waals surface area contributed by atoms with E-state index in [9.17, 15) is 4.79 Å². The second-order valence-corrected chi connectivity index (χ2v) is 7.44. The summed E-state index contributed by atoms with van der Waals surface area (Å²) in [5, 5.41) is 2.98. The van der Waals surface area contributed by atoms with E-state index < -0.39 is 0 Å². The monoisotopic (exact) mass is 377 g/mol. The standard InChI is InChI=1S/C23H23NO2S/c1-17(2)26-20-12-8-11-19(15-20)24-23(25)21-13-6-7-14-22(21)27-16-18-9-4-3-5-10-18/h3-15,17H,16H2,1-2H3,(H,24,25). The normalized spacial score (nSPS) is 10.6. The Kier molecular flexibility index (Phi) is 6.55. The first kappa shape index (κ1) is 19.1. The van der Waals surface area contributed by atoms with E-state index in [-0.39, 0.29) is 12.0 Å². The van der Waals surface area contributed by atoms with Crippen molar-refractivity contribution in [2.24, 2.45) is 0 Å². The van der Waals surface area contributed by atoms with Crippen molar-refractivity contribution < 1.29 is 9.53 Å². The number of carbonyl (C=O) groups is 1. The van der Waals surface area contributed by atoms with E-state index in [2.05, 4.69) is 17.4 Å². The minimum atomic E-state index is -0.118. The molecule has 0 aliphatic rings. The molecule has 3 nitrogen and oxygen atoms in total. The van der Waals surface area contributed by atoms with Gasteiger partial charge in [0.25, 0.3) is 5.91 Å². The fourth-order valence-electron chi connectivity index (χ4n) is 2.63. The number of amides is 1. The van der Waals surface area contributed by atoms with Gasteiger partial charge in [0, 0.05) is 22.4 Å². The van der Waals surface area contributed by atoms with Crippen LogP contribution in [0.4, 0.5) is 5.69 Å². The molecule has 0 aromatic heterocycles. The van der Waals surface area contributed by atoms with E-state index in [0.717, 1.165) is 22.1 Å². The maximum atomic E-state index is 12.8. The Morgan fingerprint density at radius 3 is 2.48 bits per heavy atom. The van der Waals surface area contributed by atoms with E-state index in [4.69, 9.17) is 4.74 Å². The number of rotatable bonds is 7. The van der Waals surface area contributed by atoms with Gasteiger partial charge in [0.1, 0.15) is 5.75 Å². The fourth-order valence-corrected chi connectivity index (χ4v) is 3.64. The van der Waals surface area contributed by atoms with Crippen LogP contribution in [0.15, 0.2) is 83.8 Å². The van der Waals surface area contributed by atoms with E-state index in [0.29, 0.717) is 5.56 Å². The molecule has 0 saturated carbocycles. The average molecular weight is 378 g/mol. The summed E-state index contributed by atoms with van der Waals surface area (Å²) >= 11 is 1.67. The molecule has 1 N–H and O–H groups in total. The number of anilines is 1. The van der Waals surface area contributed by atoms with Crippen LogP contribution in [0.5, 0.6) is 5.75 Å². The molecule has 0 heterocycles. The van der Waals surface area contributed by atoms with Gasteiger partial charge in [0.05, 0.1) is 11.7 Å². The zero-order chi connectivity index (χ0) is 19.1. The second kappa shape index (κ2) is 9.28. The van der Waals surface area contributed by atoms with Crippen molar-refractivity contribution in [1.29, 1.82) is 0 Å². The highest BCUT2D eigenvalue weighted by atomic mass is 32.2. The molecule has 27 heavy (non-hydrogen) atoms. The summed E-state index contributed by atoms with van der Waals surface area (Å²) in [6.07, 6.45) is 0.0889. The number of hydrogen-bond acceptors (Lipinski definition) is 3. The van der Waals surface area contributed by atoms with E-state index in [1.165, 1.54) is 5.56 Å². The number of nitrogens with one attached hydrogen (secondary N) is 1. The van der Waals surface area contributed by atoms with Crippen LogP contribution >= 0.6 is 11.8 Å². The molecule has 0 bridgehead atoms. The third-order valence-electron chi connectivity index (χ3n) is 3.83. The van der Waals surface area contributed by atoms with Gasteiger partial charge in [0.2, 0.25) is 0 Å². The summed E-state index contributed by atoms with van der Waals surface area (Å²) in [4.78, 5) is 13.8. The van der Waals surface area contributed by atoms with Crippen LogP contribution < -0.4 is 10.1 Å². The minimum Gasteiger partial charge on any atom is -0.491 e. The first-order valence-electron chi connectivity index (χ1n) is 8.95. The smallest absolute Gasteiger partial charge is 0.256 e. The molecule has 0 spiro atoms. The highest BCUT2D eigenvalue weighted by Crippen LogP contribution is 2.27. The number of carbonyl (C=O) groups excluding carboxylic acids is 1. The maximum absolute atomic E-state index is 12.8. The average Bonchev–Trinajstić information content (AvgIpc) is 2.67. The fraction of sp³-hybridized carbons (Fsp3) is 0.174. The zero-order valence-electron chi connectivity index (χ0n) is 15.5. The van der Waals surface area contributed by atoms with Crippen molar-refractivity contribution in [3.63, 3.8) is 0 Å². The quantitative estimate of drug-likeness (QED) is 0.512. The first-order valence-corrected chi connectivity index (χ1v) is 9.94. The molecule has 0 fully saturated rings. The van der Waals surface area contributed by atoms with Gasteiger partial charge >= 0.3 is 0 Å². The van der Waals surface area contributed by atoms with Gasteiger partial charge in [-0.05, 0) is 43.7 Å². The van der Waals surface area contributed by atoms with Crippen LogP contribution in [0.1, 0.15) is 29.8 Å².